The van der Waals surface area contributed by atoms with Gasteiger partial charge in [-0.25, -0.2) is 0 Å². The first kappa shape index (κ1) is 19.4. The highest BCUT2D eigenvalue weighted by molar-refractivity contribution is 5.95. The highest BCUT2D eigenvalue weighted by Gasteiger charge is 2.15. The Morgan fingerprint density at radius 3 is 2.54 bits per heavy atom. The van der Waals surface area contributed by atoms with Crippen molar-refractivity contribution in [1.29, 1.82) is 0 Å². The van der Waals surface area contributed by atoms with E-state index in [0.717, 1.165) is 33.8 Å². The molecule has 0 saturated carbocycles. The monoisotopic (exact) mass is 376 g/mol. The molecule has 2 aromatic rings. The van der Waals surface area contributed by atoms with Gasteiger partial charge in [0.15, 0.2) is 11.5 Å². The van der Waals surface area contributed by atoms with Gasteiger partial charge in [0.25, 0.3) is 5.91 Å². The van der Waals surface area contributed by atoms with Crippen molar-refractivity contribution in [3.63, 3.8) is 0 Å². The van der Waals surface area contributed by atoms with E-state index in [1.54, 1.807) is 18.3 Å². The number of nitrogens with one attached hydrogen (secondary N) is 1. The standard InChI is InChI=1S/C23H24N2O3/c1-5-18(19-14-21-20(13-16(19)3)27-11-12-28-21)9-8-17(4)25-23(26)22-15(2)7-6-10-24-22/h5-10,13-14H,4,11-12H2,1-3H3,(H,25,26)/b9-8-,18-5+. The van der Waals surface area contributed by atoms with E-state index in [4.69, 9.17) is 9.47 Å². The third-order valence-corrected chi connectivity index (χ3v) is 4.47. The average molecular weight is 376 g/mol. The minimum atomic E-state index is -0.273. The van der Waals surface area contributed by atoms with Crippen LogP contribution in [0.15, 0.2) is 61.0 Å². The number of ether oxygens (including phenoxy) is 2. The molecule has 0 saturated heterocycles. The van der Waals surface area contributed by atoms with Crippen molar-refractivity contribution >= 4 is 11.5 Å². The summed E-state index contributed by atoms with van der Waals surface area (Å²) in [6.45, 7) is 10.9. The second-order valence-corrected chi connectivity index (χ2v) is 6.54. The molecule has 1 amide bonds. The van der Waals surface area contributed by atoms with Crippen LogP contribution in [-0.4, -0.2) is 24.1 Å². The lowest BCUT2D eigenvalue weighted by molar-refractivity contribution is 0.0962. The number of aromatic nitrogens is 1. The first-order valence-electron chi connectivity index (χ1n) is 9.16. The van der Waals surface area contributed by atoms with Gasteiger partial charge in [0.2, 0.25) is 0 Å². The lowest BCUT2D eigenvalue weighted by Gasteiger charge is -2.20. The highest BCUT2D eigenvalue weighted by atomic mass is 16.6. The van der Waals surface area contributed by atoms with Crippen LogP contribution in [0.1, 0.15) is 34.1 Å². The molecular weight excluding hydrogens is 352 g/mol. The molecule has 5 nitrogen and oxygen atoms in total. The first-order chi connectivity index (χ1) is 13.5. The molecule has 0 fully saturated rings. The van der Waals surface area contributed by atoms with Crippen LogP contribution < -0.4 is 14.8 Å². The molecule has 0 spiro atoms. The van der Waals surface area contributed by atoms with E-state index in [0.29, 0.717) is 24.6 Å². The molecule has 28 heavy (non-hydrogen) atoms. The van der Waals surface area contributed by atoms with E-state index in [9.17, 15) is 4.79 Å². The van der Waals surface area contributed by atoms with E-state index in [1.807, 2.05) is 51.1 Å². The topological polar surface area (TPSA) is 60.5 Å². The molecule has 0 bridgehead atoms. The fourth-order valence-corrected chi connectivity index (χ4v) is 3.00. The molecule has 0 radical (unpaired) electrons. The second kappa shape index (κ2) is 8.57. The number of aryl methyl sites for hydroxylation is 2. The zero-order chi connectivity index (χ0) is 20.1. The zero-order valence-corrected chi connectivity index (χ0v) is 16.4. The van der Waals surface area contributed by atoms with Gasteiger partial charge in [-0.15, -0.1) is 0 Å². The van der Waals surface area contributed by atoms with Crippen LogP contribution >= 0.6 is 0 Å². The normalized spacial score (nSPS) is 13.5. The number of allylic oxidation sites excluding steroid dienone is 4. The maximum atomic E-state index is 12.4. The summed E-state index contributed by atoms with van der Waals surface area (Å²) >= 11 is 0. The van der Waals surface area contributed by atoms with Crippen LogP contribution in [0.5, 0.6) is 11.5 Å². The minimum absolute atomic E-state index is 0.273. The fourth-order valence-electron chi connectivity index (χ4n) is 3.00. The number of benzene rings is 1. The molecule has 144 valence electrons. The Balaban J connectivity index is 1.74. The number of hydrogen-bond acceptors (Lipinski definition) is 4. The number of carbonyl (C=O) groups is 1. The summed E-state index contributed by atoms with van der Waals surface area (Å²) < 4.78 is 11.3. The fraction of sp³-hybridized carbons (Fsp3) is 0.217. The molecule has 0 unspecified atom stereocenters. The van der Waals surface area contributed by atoms with Gasteiger partial charge in [0.05, 0.1) is 0 Å². The molecule has 1 aliphatic rings. The van der Waals surface area contributed by atoms with Gasteiger partial charge >= 0.3 is 0 Å². The molecule has 0 atom stereocenters. The molecule has 2 heterocycles. The predicted molar refractivity (Wildman–Crippen MR) is 111 cm³/mol. The quantitative estimate of drug-likeness (QED) is 0.787. The zero-order valence-electron chi connectivity index (χ0n) is 16.4. The van der Waals surface area contributed by atoms with E-state index >= 15 is 0 Å². The largest absolute Gasteiger partial charge is 0.486 e. The smallest absolute Gasteiger partial charge is 0.274 e. The van der Waals surface area contributed by atoms with Gasteiger partial charge in [-0.3, -0.25) is 9.78 Å². The Bertz CT molecular complexity index is 974. The molecule has 1 N–H and O–H groups in total. The van der Waals surface area contributed by atoms with Gasteiger partial charge in [0.1, 0.15) is 18.9 Å². The van der Waals surface area contributed by atoms with Gasteiger partial charge in [0, 0.05) is 11.9 Å². The third-order valence-electron chi connectivity index (χ3n) is 4.47. The number of rotatable bonds is 5. The van der Waals surface area contributed by atoms with Crippen molar-refractivity contribution in [2.75, 3.05) is 13.2 Å². The third kappa shape index (κ3) is 4.31. The number of fused-ring (bicyclic) bond motifs is 1. The Hall–Kier alpha value is -3.34. The molecule has 1 aromatic heterocycles. The van der Waals surface area contributed by atoms with Crippen LogP contribution in [0.25, 0.3) is 5.57 Å². The van der Waals surface area contributed by atoms with Crippen molar-refractivity contribution in [2.45, 2.75) is 20.8 Å². The van der Waals surface area contributed by atoms with E-state index in [1.165, 1.54) is 0 Å². The molecule has 5 heteroatoms. The SMILES string of the molecule is C=C(/C=C\C(=C/C)c1cc2c(cc1C)OCCO2)NC(=O)c1ncccc1C. The molecule has 1 aliphatic heterocycles. The van der Waals surface area contributed by atoms with Crippen molar-refractivity contribution in [1.82, 2.24) is 10.3 Å². The summed E-state index contributed by atoms with van der Waals surface area (Å²) in [7, 11) is 0. The summed E-state index contributed by atoms with van der Waals surface area (Å²) in [6.07, 6.45) is 7.31. The summed E-state index contributed by atoms with van der Waals surface area (Å²) in [4.78, 5) is 16.5. The average Bonchev–Trinajstić information content (AvgIpc) is 2.68. The summed E-state index contributed by atoms with van der Waals surface area (Å²) in [6, 6.07) is 7.63. The maximum Gasteiger partial charge on any atom is 0.274 e. The van der Waals surface area contributed by atoms with Gasteiger partial charge < -0.3 is 14.8 Å². The van der Waals surface area contributed by atoms with Crippen LogP contribution in [0.4, 0.5) is 0 Å². The minimum Gasteiger partial charge on any atom is -0.486 e. The van der Waals surface area contributed by atoms with E-state index in [-0.39, 0.29) is 5.91 Å². The van der Waals surface area contributed by atoms with Gasteiger partial charge in [-0.2, -0.15) is 0 Å². The first-order valence-corrected chi connectivity index (χ1v) is 9.16. The van der Waals surface area contributed by atoms with Crippen molar-refractivity contribution in [3.8, 4) is 11.5 Å². The predicted octanol–water partition coefficient (Wildman–Crippen LogP) is 4.37. The molecule has 0 aliphatic carbocycles. The van der Waals surface area contributed by atoms with Crippen LogP contribution in [0.2, 0.25) is 0 Å². The van der Waals surface area contributed by atoms with Crippen LogP contribution in [-0.2, 0) is 0 Å². The van der Waals surface area contributed by atoms with Crippen LogP contribution in [0.3, 0.4) is 0 Å². The van der Waals surface area contributed by atoms with Crippen molar-refractivity contribution < 1.29 is 14.3 Å². The summed E-state index contributed by atoms with van der Waals surface area (Å²) in [5.74, 6) is 1.25. The Morgan fingerprint density at radius 2 is 1.86 bits per heavy atom. The van der Waals surface area contributed by atoms with Crippen molar-refractivity contribution in [3.05, 3.63) is 83.4 Å². The van der Waals surface area contributed by atoms with Crippen LogP contribution in [0, 0.1) is 13.8 Å². The lowest BCUT2D eigenvalue weighted by atomic mass is 9.98. The Labute approximate surface area is 165 Å². The summed E-state index contributed by atoms with van der Waals surface area (Å²) in [5, 5.41) is 2.78. The van der Waals surface area contributed by atoms with Gasteiger partial charge in [-0.1, -0.05) is 24.8 Å². The summed E-state index contributed by atoms with van der Waals surface area (Å²) in [5.41, 5.74) is 4.83. The molecular formula is C23H24N2O3. The maximum absolute atomic E-state index is 12.4. The number of amides is 1. The van der Waals surface area contributed by atoms with E-state index < -0.39 is 0 Å². The Kier molecular flexibility index (Phi) is 5.94. The highest BCUT2D eigenvalue weighted by Crippen LogP contribution is 2.35. The number of carbonyl (C=O) groups excluding carboxylic acids is 1. The van der Waals surface area contributed by atoms with Gasteiger partial charge in [-0.05, 0) is 67.3 Å². The Morgan fingerprint density at radius 1 is 1.14 bits per heavy atom. The van der Waals surface area contributed by atoms with Crippen molar-refractivity contribution in [2.24, 2.45) is 0 Å². The second-order valence-electron chi connectivity index (χ2n) is 6.54. The number of pyridine rings is 1. The molecule has 1 aromatic carbocycles. The number of nitrogens with zero attached hydrogens (tertiary/aromatic N) is 1. The number of hydrogen-bond donors (Lipinski definition) is 1. The molecule has 3 rings (SSSR count). The lowest BCUT2D eigenvalue weighted by Crippen LogP contribution is -2.23. The van der Waals surface area contributed by atoms with E-state index in [2.05, 4.69) is 16.9 Å².